The minimum Gasteiger partial charge on any atom is -0.301 e. The molecule has 0 unspecified atom stereocenters. The fourth-order valence-electron chi connectivity index (χ4n) is 4.00. The van der Waals surface area contributed by atoms with Crippen LogP contribution in [-0.4, -0.2) is 24.8 Å². The highest BCUT2D eigenvalue weighted by molar-refractivity contribution is 7.10. The van der Waals surface area contributed by atoms with Crippen molar-refractivity contribution in [3.8, 4) is 0 Å². The number of carbonyl (C=O) groups is 1. The van der Waals surface area contributed by atoms with Crippen molar-refractivity contribution in [2.45, 2.75) is 17.9 Å². The third-order valence-electron chi connectivity index (χ3n) is 5.29. The first kappa shape index (κ1) is 16.2. The van der Waals surface area contributed by atoms with Crippen LogP contribution in [0.3, 0.4) is 0 Å². The van der Waals surface area contributed by atoms with Gasteiger partial charge in [0, 0.05) is 16.5 Å². The highest BCUT2D eigenvalue weighted by atomic mass is 32.1. The molecule has 0 bridgehead atoms. The van der Waals surface area contributed by atoms with Gasteiger partial charge in [-0.25, -0.2) is 0 Å². The predicted molar refractivity (Wildman–Crippen MR) is 103 cm³/mol. The molecule has 3 aromatic rings. The van der Waals surface area contributed by atoms with E-state index in [1.807, 2.05) is 47.8 Å². The van der Waals surface area contributed by atoms with Gasteiger partial charge in [0.15, 0.2) is 5.78 Å². The van der Waals surface area contributed by atoms with Crippen LogP contribution in [0.1, 0.15) is 38.8 Å². The first-order valence-corrected chi connectivity index (χ1v) is 9.42. The quantitative estimate of drug-likeness (QED) is 0.670. The Morgan fingerprint density at radius 3 is 2.00 bits per heavy atom. The van der Waals surface area contributed by atoms with Crippen LogP contribution < -0.4 is 0 Å². The van der Waals surface area contributed by atoms with E-state index in [1.165, 1.54) is 4.88 Å². The molecular formula is C22H21NOS. The van der Waals surface area contributed by atoms with Crippen molar-refractivity contribution in [2.24, 2.45) is 0 Å². The molecule has 0 N–H and O–H groups in total. The maximum absolute atomic E-state index is 13.8. The van der Waals surface area contributed by atoms with Crippen molar-refractivity contribution >= 4 is 17.1 Å². The van der Waals surface area contributed by atoms with Crippen molar-refractivity contribution in [1.29, 1.82) is 0 Å². The Bertz CT molecular complexity index is 843. The predicted octanol–water partition coefficient (Wildman–Crippen LogP) is 4.92. The van der Waals surface area contributed by atoms with Gasteiger partial charge in [-0.15, -0.1) is 11.3 Å². The largest absolute Gasteiger partial charge is 0.301 e. The van der Waals surface area contributed by atoms with Gasteiger partial charge in [-0.05, 0) is 43.1 Å². The second kappa shape index (κ2) is 6.25. The third kappa shape index (κ3) is 2.46. The van der Waals surface area contributed by atoms with Gasteiger partial charge < -0.3 is 4.90 Å². The van der Waals surface area contributed by atoms with Gasteiger partial charge in [-0.3, -0.25) is 4.79 Å². The Balaban J connectivity index is 2.01. The van der Waals surface area contributed by atoms with Gasteiger partial charge in [-0.2, -0.15) is 0 Å². The Labute approximate surface area is 152 Å². The standard InChI is InChI=1S/C22H21NOS/c1-23(2)19-15-22(16-9-5-3-6-10-16,17-11-7-4-8-12-17)21(24)18-13-14-25-20(18)19/h3-14,19H,15H2,1-2H3/t19-/m1/s1. The lowest BCUT2D eigenvalue weighted by atomic mass is 9.63. The summed E-state index contributed by atoms with van der Waals surface area (Å²) in [6.07, 6.45) is 0.764. The molecule has 0 saturated heterocycles. The van der Waals surface area contributed by atoms with Crippen LogP contribution in [0.5, 0.6) is 0 Å². The van der Waals surface area contributed by atoms with Crippen LogP contribution in [0.4, 0.5) is 0 Å². The second-order valence-electron chi connectivity index (χ2n) is 6.85. The second-order valence-corrected chi connectivity index (χ2v) is 7.80. The van der Waals surface area contributed by atoms with Crippen LogP contribution in [0.15, 0.2) is 72.1 Å². The SMILES string of the molecule is CN(C)[C@@H]1CC(c2ccccc2)(c2ccccc2)C(=O)c2ccsc21. The molecule has 2 nitrogen and oxygen atoms in total. The summed E-state index contributed by atoms with van der Waals surface area (Å²) in [4.78, 5) is 17.2. The molecule has 3 heteroatoms. The van der Waals surface area contributed by atoms with E-state index in [1.54, 1.807) is 11.3 Å². The van der Waals surface area contributed by atoms with Crippen molar-refractivity contribution in [2.75, 3.05) is 14.1 Å². The molecule has 0 radical (unpaired) electrons. The van der Waals surface area contributed by atoms with Crippen molar-refractivity contribution in [1.82, 2.24) is 4.90 Å². The maximum Gasteiger partial charge on any atom is 0.179 e. The number of ketones is 1. The molecule has 1 aromatic heterocycles. The zero-order chi connectivity index (χ0) is 17.4. The van der Waals surface area contributed by atoms with E-state index >= 15 is 0 Å². The van der Waals surface area contributed by atoms with Gasteiger partial charge in [-0.1, -0.05) is 60.7 Å². The summed E-state index contributed by atoms with van der Waals surface area (Å²) < 4.78 is 0. The van der Waals surface area contributed by atoms with Crippen molar-refractivity contribution < 1.29 is 4.79 Å². The summed E-state index contributed by atoms with van der Waals surface area (Å²) in [7, 11) is 4.20. The average Bonchev–Trinajstić information content (AvgIpc) is 3.14. The van der Waals surface area contributed by atoms with E-state index in [-0.39, 0.29) is 11.8 Å². The van der Waals surface area contributed by atoms with E-state index < -0.39 is 5.41 Å². The molecule has 2 aromatic carbocycles. The van der Waals surface area contributed by atoms with E-state index in [0.717, 1.165) is 23.1 Å². The maximum atomic E-state index is 13.8. The van der Waals surface area contributed by atoms with Crippen LogP contribution >= 0.6 is 11.3 Å². The van der Waals surface area contributed by atoms with E-state index in [0.29, 0.717) is 0 Å². The molecule has 25 heavy (non-hydrogen) atoms. The third-order valence-corrected chi connectivity index (χ3v) is 6.30. The summed E-state index contributed by atoms with van der Waals surface area (Å²) in [6.45, 7) is 0. The summed E-state index contributed by atoms with van der Waals surface area (Å²) in [5.41, 5.74) is 2.40. The molecule has 0 fully saturated rings. The molecule has 4 rings (SSSR count). The molecule has 1 heterocycles. The molecule has 0 aliphatic heterocycles. The lowest BCUT2D eigenvalue weighted by molar-refractivity contribution is 0.0852. The number of fused-ring (bicyclic) bond motifs is 1. The van der Waals surface area contributed by atoms with Crippen LogP contribution in [0.2, 0.25) is 0 Å². The summed E-state index contributed by atoms with van der Waals surface area (Å²) >= 11 is 1.69. The fourth-order valence-corrected chi connectivity index (χ4v) is 5.09. The molecule has 0 amide bonds. The zero-order valence-electron chi connectivity index (χ0n) is 14.5. The van der Waals surface area contributed by atoms with Gasteiger partial charge in [0.05, 0.1) is 5.41 Å². The molecule has 1 aliphatic rings. The molecular weight excluding hydrogens is 326 g/mol. The minimum absolute atomic E-state index is 0.222. The van der Waals surface area contributed by atoms with Crippen molar-refractivity contribution in [3.63, 3.8) is 0 Å². The van der Waals surface area contributed by atoms with E-state index in [4.69, 9.17) is 0 Å². The fraction of sp³-hybridized carbons (Fsp3) is 0.227. The number of benzene rings is 2. The van der Waals surface area contributed by atoms with Gasteiger partial charge >= 0.3 is 0 Å². The summed E-state index contributed by atoms with van der Waals surface area (Å²) in [6, 6.07) is 22.7. The number of thiophene rings is 1. The van der Waals surface area contributed by atoms with Crippen LogP contribution in [0.25, 0.3) is 0 Å². The minimum atomic E-state index is -0.633. The molecule has 126 valence electrons. The Morgan fingerprint density at radius 1 is 0.920 bits per heavy atom. The number of hydrogen-bond donors (Lipinski definition) is 0. The lowest BCUT2D eigenvalue weighted by Gasteiger charge is -2.42. The lowest BCUT2D eigenvalue weighted by Crippen LogP contribution is -2.44. The molecule has 1 aliphatic carbocycles. The van der Waals surface area contributed by atoms with E-state index in [2.05, 4.69) is 43.3 Å². The topological polar surface area (TPSA) is 20.3 Å². The summed E-state index contributed by atoms with van der Waals surface area (Å²) in [5, 5.41) is 2.05. The Morgan fingerprint density at radius 2 is 1.48 bits per heavy atom. The highest BCUT2D eigenvalue weighted by Crippen LogP contribution is 2.50. The number of nitrogens with zero attached hydrogens (tertiary/aromatic N) is 1. The highest BCUT2D eigenvalue weighted by Gasteiger charge is 2.49. The molecule has 1 atom stereocenters. The number of carbonyl (C=O) groups excluding carboxylic acids is 1. The number of Topliss-reactive ketones (excluding diaryl/α,β-unsaturated/α-hetero) is 1. The molecule has 0 spiro atoms. The zero-order valence-corrected chi connectivity index (χ0v) is 15.3. The summed E-state index contributed by atoms with van der Waals surface area (Å²) in [5.74, 6) is 0.222. The van der Waals surface area contributed by atoms with Crippen molar-refractivity contribution in [3.05, 3.63) is 93.7 Å². The first-order chi connectivity index (χ1) is 12.1. The number of hydrogen-bond acceptors (Lipinski definition) is 3. The van der Waals surface area contributed by atoms with Gasteiger partial charge in [0.2, 0.25) is 0 Å². The first-order valence-electron chi connectivity index (χ1n) is 8.54. The smallest absolute Gasteiger partial charge is 0.179 e. The number of rotatable bonds is 3. The van der Waals surface area contributed by atoms with Crippen LogP contribution in [0, 0.1) is 0 Å². The molecule has 0 saturated carbocycles. The monoisotopic (exact) mass is 347 g/mol. The van der Waals surface area contributed by atoms with E-state index in [9.17, 15) is 4.79 Å². The normalized spacial score (nSPS) is 19.0. The average molecular weight is 347 g/mol. The van der Waals surface area contributed by atoms with Gasteiger partial charge in [0.1, 0.15) is 0 Å². The Hall–Kier alpha value is -2.23. The van der Waals surface area contributed by atoms with Crippen LogP contribution in [-0.2, 0) is 5.41 Å². The Kier molecular flexibility index (Phi) is 4.06. The van der Waals surface area contributed by atoms with Gasteiger partial charge in [0.25, 0.3) is 0 Å².